The predicted octanol–water partition coefficient (Wildman–Crippen LogP) is 3.86. The Kier molecular flexibility index (Phi) is 8.00. The van der Waals surface area contributed by atoms with Gasteiger partial charge in [0.25, 0.3) is 0 Å². The summed E-state index contributed by atoms with van der Waals surface area (Å²) < 4.78 is 0. The normalized spacial score (nSPS) is 15.7. The molecular weight excluding hydrogens is 108 g/mol. The van der Waals surface area contributed by atoms with Crippen molar-refractivity contribution in [1.29, 1.82) is 0 Å². The zero-order valence-corrected chi connectivity index (χ0v) is 5.11. The quantitative estimate of drug-likeness (QED) is 0.544. The Balaban J connectivity index is 0. The van der Waals surface area contributed by atoms with Crippen molar-refractivity contribution >= 4 is 0 Å². The molecule has 9 heavy (non-hydrogen) atoms. The van der Waals surface area contributed by atoms with E-state index >= 15 is 0 Å². The first-order chi connectivity index (χ1) is 3.43. The van der Waals surface area contributed by atoms with Gasteiger partial charge in [0, 0.05) is 0 Å². The lowest BCUT2D eigenvalue weighted by Gasteiger charge is -1.88. The van der Waals surface area contributed by atoms with E-state index in [1.165, 1.54) is 32.1 Å². The van der Waals surface area contributed by atoms with Gasteiger partial charge in [0.05, 0.1) is 0 Å². The molecule has 0 aliphatic heterocycles. The van der Waals surface area contributed by atoms with Crippen LogP contribution in [0.15, 0.2) is 0 Å². The average molecular weight is 130 g/mol. The maximum atomic E-state index is 2.27. The third-order valence-electron chi connectivity index (χ3n) is 1.66. The zero-order chi connectivity index (χ0) is 5.11. The van der Waals surface area contributed by atoms with Crippen molar-refractivity contribution in [2.45, 2.75) is 53.9 Å². The van der Waals surface area contributed by atoms with Gasteiger partial charge in [0.2, 0.25) is 0 Å². The van der Waals surface area contributed by atoms with Crippen molar-refractivity contribution < 1.29 is 0 Å². The molecule has 1 aliphatic rings. The molecule has 1 saturated carbocycles. The average Bonchev–Trinajstić information content (AvgIpc) is 2.42. The Bertz CT molecular complexity index is 44.0. The summed E-state index contributed by atoms with van der Waals surface area (Å²) in [6.07, 6.45) is 7.41. The molecule has 0 atom stereocenters. The molecule has 0 bridgehead atoms. The van der Waals surface area contributed by atoms with Crippen molar-refractivity contribution in [3.8, 4) is 0 Å². The fraction of sp³-hybridized carbons (Fsp3) is 1.00. The van der Waals surface area contributed by atoms with Crippen LogP contribution >= 0.6 is 0 Å². The van der Waals surface area contributed by atoms with E-state index in [0.717, 1.165) is 5.92 Å². The van der Waals surface area contributed by atoms with Crippen LogP contribution in [0.2, 0.25) is 0 Å². The van der Waals surface area contributed by atoms with Gasteiger partial charge in [0.15, 0.2) is 0 Å². The second-order valence-electron chi connectivity index (χ2n) is 2.59. The van der Waals surface area contributed by atoms with Gasteiger partial charge >= 0.3 is 0 Å². The van der Waals surface area contributed by atoms with Crippen LogP contribution in [0.1, 0.15) is 53.9 Å². The lowest BCUT2D eigenvalue weighted by molar-refractivity contribution is 0.654. The van der Waals surface area contributed by atoms with E-state index < -0.39 is 0 Å². The van der Waals surface area contributed by atoms with Gasteiger partial charge in [-0.25, -0.2) is 0 Å². The molecule has 58 valence electrons. The molecule has 0 radical (unpaired) electrons. The number of rotatable bonds is 3. The Morgan fingerprint density at radius 2 is 1.78 bits per heavy atom. The van der Waals surface area contributed by atoms with Crippen LogP contribution in [-0.4, -0.2) is 0 Å². The fourth-order valence-electron chi connectivity index (χ4n) is 0.899. The fourth-order valence-corrected chi connectivity index (χ4v) is 0.899. The summed E-state index contributed by atoms with van der Waals surface area (Å²) in [5.74, 6) is 1.15. The van der Waals surface area contributed by atoms with Crippen LogP contribution in [-0.2, 0) is 0 Å². The van der Waals surface area contributed by atoms with Crippen molar-refractivity contribution in [2.24, 2.45) is 5.92 Å². The highest BCUT2D eigenvalue weighted by Gasteiger charge is 2.19. The Labute approximate surface area is 60.7 Å². The zero-order valence-electron chi connectivity index (χ0n) is 5.11. The minimum absolute atomic E-state index is 0. The molecule has 1 rings (SSSR count). The summed E-state index contributed by atoms with van der Waals surface area (Å²) in [5.41, 5.74) is 0. The second-order valence-corrected chi connectivity index (χ2v) is 2.59. The van der Waals surface area contributed by atoms with Gasteiger partial charge < -0.3 is 0 Å². The van der Waals surface area contributed by atoms with Crippen LogP contribution in [0.4, 0.5) is 0 Å². The van der Waals surface area contributed by atoms with E-state index in [1.807, 2.05) is 0 Å². The third-order valence-corrected chi connectivity index (χ3v) is 1.66. The summed E-state index contributed by atoms with van der Waals surface area (Å²) in [4.78, 5) is 0. The highest BCUT2D eigenvalue weighted by Crippen LogP contribution is 2.33. The lowest BCUT2D eigenvalue weighted by atomic mass is 10.2. The number of hydrogen-bond acceptors (Lipinski definition) is 0. The van der Waals surface area contributed by atoms with Gasteiger partial charge in [0.1, 0.15) is 0 Å². The Morgan fingerprint density at radius 1 is 1.22 bits per heavy atom. The molecule has 0 aromatic rings. The molecule has 0 aromatic carbocycles. The first-order valence-corrected chi connectivity index (χ1v) is 3.43. The Hall–Kier alpha value is 0. The van der Waals surface area contributed by atoms with E-state index in [4.69, 9.17) is 0 Å². The molecule has 0 amide bonds. The highest BCUT2D eigenvalue weighted by atomic mass is 14.2. The topological polar surface area (TPSA) is 0 Å². The molecule has 0 unspecified atom stereocenters. The molecule has 0 saturated heterocycles. The molecule has 0 heterocycles. The van der Waals surface area contributed by atoms with Gasteiger partial charge in [-0.05, 0) is 5.92 Å². The SMILES string of the molecule is C.C.CCCCC1CC1. The Morgan fingerprint density at radius 3 is 2.11 bits per heavy atom. The largest absolute Gasteiger partial charge is 0.0776 e. The van der Waals surface area contributed by atoms with Crippen molar-refractivity contribution in [3.05, 3.63) is 0 Å². The standard InChI is InChI=1S/C7H14.2CH4/c1-2-3-4-7-5-6-7;;/h7H,2-6H2,1H3;2*1H4. The van der Waals surface area contributed by atoms with Gasteiger partial charge in [-0.3, -0.25) is 0 Å². The predicted molar refractivity (Wildman–Crippen MR) is 45.7 cm³/mol. The highest BCUT2D eigenvalue weighted by molar-refractivity contribution is 4.71. The van der Waals surface area contributed by atoms with E-state index in [0.29, 0.717) is 0 Å². The summed E-state index contributed by atoms with van der Waals surface area (Å²) in [6.45, 7) is 2.27. The molecule has 0 nitrogen and oxygen atoms in total. The maximum absolute atomic E-state index is 2.27. The maximum Gasteiger partial charge on any atom is -0.0414 e. The summed E-state index contributed by atoms with van der Waals surface area (Å²) in [7, 11) is 0. The van der Waals surface area contributed by atoms with Gasteiger partial charge in [-0.1, -0.05) is 53.9 Å². The minimum atomic E-state index is 0. The molecule has 1 aliphatic carbocycles. The van der Waals surface area contributed by atoms with E-state index in [1.54, 1.807) is 0 Å². The number of hydrogen-bond donors (Lipinski definition) is 0. The first-order valence-electron chi connectivity index (χ1n) is 3.43. The van der Waals surface area contributed by atoms with Crippen LogP contribution in [0.3, 0.4) is 0 Å². The first kappa shape index (κ1) is 11.8. The van der Waals surface area contributed by atoms with Crippen LogP contribution in [0.5, 0.6) is 0 Å². The molecule has 1 fully saturated rings. The van der Waals surface area contributed by atoms with Crippen molar-refractivity contribution in [1.82, 2.24) is 0 Å². The van der Waals surface area contributed by atoms with Crippen LogP contribution in [0, 0.1) is 5.92 Å². The third kappa shape index (κ3) is 5.88. The van der Waals surface area contributed by atoms with E-state index in [2.05, 4.69) is 6.92 Å². The van der Waals surface area contributed by atoms with E-state index in [9.17, 15) is 0 Å². The smallest absolute Gasteiger partial charge is 0.0414 e. The molecule has 0 heteroatoms. The summed E-state index contributed by atoms with van der Waals surface area (Å²) in [6, 6.07) is 0. The van der Waals surface area contributed by atoms with Gasteiger partial charge in [-0.15, -0.1) is 0 Å². The van der Waals surface area contributed by atoms with Crippen LogP contribution in [0.25, 0.3) is 0 Å². The molecule has 0 spiro atoms. The van der Waals surface area contributed by atoms with Crippen molar-refractivity contribution in [3.63, 3.8) is 0 Å². The van der Waals surface area contributed by atoms with E-state index in [-0.39, 0.29) is 14.9 Å². The summed E-state index contributed by atoms with van der Waals surface area (Å²) in [5, 5.41) is 0. The second kappa shape index (κ2) is 6.12. The van der Waals surface area contributed by atoms with Crippen molar-refractivity contribution in [2.75, 3.05) is 0 Å². The molecule has 0 N–H and O–H groups in total. The van der Waals surface area contributed by atoms with Crippen LogP contribution < -0.4 is 0 Å². The summed E-state index contributed by atoms with van der Waals surface area (Å²) >= 11 is 0. The van der Waals surface area contributed by atoms with Gasteiger partial charge in [-0.2, -0.15) is 0 Å². The molecular formula is C9H22. The molecule has 0 aromatic heterocycles. The number of unbranched alkanes of at least 4 members (excludes halogenated alkanes) is 1. The lowest BCUT2D eigenvalue weighted by Crippen LogP contribution is -1.72. The minimum Gasteiger partial charge on any atom is -0.0776 e. The monoisotopic (exact) mass is 130 g/mol.